The summed E-state index contributed by atoms with van der Waals surface area (Å²) in [6, 6.07) is 4.95. The van der Waals surface area contributed by atoms with E-state index in [2.05, 4.69) is 0 Å². The first kappa shape index (κ1) is 13.5. The van der Waals surface area contributed by atoms with Gasteiger partial charge in [-0.25, -0.2) is 0 Å². The highest BCUT2D eigenvalue weighted by molar-refractivity contribution is 6.05. The van der Waals surface area contributed by atoms with Crippen LogP contribution in [0.15, 0.2) is 18.2 Å². The van der Waals surface area contributed by atoms with Crippen molar-refractivity contribution in [2.75, 3.05) is 4.90 Å². The smallest absolute Gasteiger partial charge is 0.268 e. The van der Waals surface area contributed by atoms with Gasteiger partial charge in [-0.3, -0.25) is 14.5 Å². The highest BCUT2D eigenvalue weighted by atomic mass is 16.5. The van der Waals surface area contributed by atoms with Gasteiger partial charge in [-0.05, 0) is 38.5 Å². The summed E-state index contributed by atoms with van der Waals surface area (Å²) in [7, 11) is 0. The van der Waals surface area contributed by atoms with Gasteiger partial charge in [0.05, 0.1) is 11.7 Å². The third-order valence-electron chi connectivity index (χ3n) is 3.38. The number of benzene rings is 1. The number of rotatable bonds is 3. The lowest BCUT2D eigenvalue weighted by Gasteiger charge is -2.36. The molecule has 0 saturated heterocycles. The first-order valence-electron chi connectivity index (χ1n) is 6.29. The lowest BCUT2D eigenvalue weighted by Crippen LogP contribution is -2.51. The minimum Gasteiger partial charge on any atom is -0.479 e. The molecular weight excluding hydrogens is 244 g/mol. The molecule has 2 rings (SSSR count). The van der Waals surface area contributed by atoms with Gasteiger partial charge in [-0.2, -0.15) is 0 Å². The number of hydrogen-bond acceptors (Lipinski definition) is 4. The quantitative estimate of drug-likeness (QED) is 0.889. The Kier molecular flexibility index (Phi) is 3.57. The van der Waals surface area contributed by atoms with E-state index in [9.17, 15) is 9.59 Å². The van der Waals surface area contributed by atoms with Crippen molar-refractivity contribution in [2.45, 2.75) is 39.5 Å². The number of carbonyl (C=O) groups excluding carboxylic acids is 2. The summed E-state index contributed by atoms with van der Waals surface area (Å²) in [4.78, 5) is 25.4. The Labute approximate surface area is 112 Å². The van der Waals surface area contributed by atoms with E-state index in [1.807, 2.05) is 6.07 Å². The van der Waals surface area contributed by atoms with Gasteiger partial charge in [-0.15, -0.1) is 0 Å². The zero-order chi connectivity index (χ0) is 14.2. The molecule has 0 saturated carbocycles. The molecular formula is C14H18N2O3. The fourth-order valence-electron chi connectivity index (χ4n) is 2.11. The molecule has 2 atom stereocenters. The van der Waals surface area contributed by atoms with Crippen LogP contribution in [-0.4, -0.2) is 23.8 Å². The first-order valence-corrected chi connectivity index (χ1v) is 6.29. The minimum absolute atomic E-state index is 0.0634. The molecule has 0 aliphatic carbocycles. The van der Waals surface area contributed by atoms with Crippen LogP contribution in [0, 0.1) is 0 Å². The van der Waals surface area contributed by atoms with Crippen molar-refractivity contribution >= 4 is 17.4 Å². The summed E-state index contributed by atoms with van der Waals surface area (Å²) >= 11 is 0. The Morgan fingerprint density at radius 1 is 1.53 bits per heavy atom. The molecule has 19 heavy (non-hydrogen) atoms. The second-order valence-electron chi connectivity index (χ2n) is 4.76. The summed E-state index contributed by atoms with van der Waals surface area (Å²) in [5.74, 6) is 0.341. The molecule has 0 radical (unpaired) electrons. The fourth-order valence-corrected chi connectivity index (χ4v) is 2.11. The van der Waals surface area contributed by atoms with E-state index in [-0.39, 0.29) is 11.7 Å². The lowest BCUT2D eigenvalue weighted by atomic mass is 10.1. The molecule has 1 aromatic rings. The Morgan fingerprint density at radius 2 is 2.21 bits per heavy atom. The maximum Gasteiger partial charge on any atom is 0.268 e. The predicted octanol–water partition coefficient (Wildman–Crippen LogP) is 1.24. The molecule has 1 aromatic carbocycles. The van der Waals surface area contributed by atoms with Crippen LogP contribution in [0.5, 0.6) is 5.75 Å². The number of hydrogen-bond donors (Lipinski definition) is 1. The number of nitrogens with zero attached hydrogens (tertiary/aromatic N) is 1. The van der Waals surface area contributed by atoms with Crippen LogP contribution >= 0.6 is 0 Å². The summed E-state index contributed by atoms with van der Waals surface area (Å²) < 4.78 is 5.56. The van der Waals surface area contributed by atoms with Crippen LogP contribution in [0.1, 0.15) is 26.3 Å². The largest absolute Gasteiger partial charge is 0.479 e. The van der Waals surface area contributed by atoms with Crippen molar-refractivity contribution in [3.8, 4) is 5.75 Å². The standard InChI is InChI=1S/C14H18N2O3/c1-8(9(2)17)16-12-6-11(7-15)4-5-13(12)19-10(3)14(16)18/h4-6,8,10H,7,15H2,1-3H3. The molecule has 102 valence electrons. The molecule has 1 aliphatic rings. The molecule has 0 bridgehead atoms. The molecule has 1 amide bonds. The molecule has 0 spiro atoms. The van der Waals surface area contributed by atoms with Crippen molar-refractivity contribution in [1.29, 1.82) is 0 Å². The van der Waals surface area contributed by atoms with Crippen LogP contribution in [0.2, 0.25) is 0 Å². The number of amides is 1. The van der Waals surface area contributed by atoms with Gasteiger partial charge in [0.2, 0.25) is 0 Å². The van der Waals surface area contributed by atoms with Gasteiger partial charge in [0.1, 0.15) is 5.75 Å². The van der Waals surface area contributed by atoms with E-state index in [0.717, 1.165) is 5.56 Å². The number of carbonyl (C=O) groups is 2. The van der Waals surface area contributed by atoms with Crippen molar-refractivity contribution in [1.82, 2.24) is 0 Å². The van der Waals surface area contributed by atoms with Crippen molar-refractivity contribution in [3.05, 3.63) is 23.8 Å². The predicted molar refractivity (Wildman–Crippen MR) is 72.1 cm³/mol. The topological polar surface area (TPSA) is 72.6 Å². The van der Waals surface area contributed by atoms with Gasteiger partial charge in [0.15, 0.2) is 11.9 Å². The second-order valence-corrected chi connectivity index (χ2v) is 4.76. The van der Waals surface area contributed by atoms with E-state index in [0.29, 0.717) is 18.0 Å². The normalized spacial score (nSPS) is 19.7. The number of ketones is 1. The van der Waals surface area contributed by atoms with Crippen LogP contribution in [-0.2, 0) is 16.1 Å². The molecule has 2 unspecified atom stereocenters. The monoisotopic (exact) mass is 262 g/mol. The van der Waals surface area contributed by atoms with Gasteiger partial charge in [0, 0.05) is 6.54 Å². The van der Waals surface area contributed by atoms with Gasteiger partial charge >= 0.3 is 0 Å². The van der Waals surface area contributed by atoms with Crippen molar-refractivity contribution in [2.24, 2.45) is 5.73 Å². The third kappa shape index (κ3) is 2.33. The first-order chi connectivity index (χ1) is 8.95. The Hall–Kier alpha value is -1.88. The number of nitrogens with two attached hydrogens (primary N) is 1. The zero-order valence-electron chi connectivity index (χ0n) is 11.3. The molecule has 5 heteroatoms. The number of Topliss-reactive ketones (excluding diaryl/α,β-unsaturated/α-hetero) is 1. The molecule has 1 aliphatic heterocycles. The van der Waals surface area contributed by atoms with Crippen LogP contribution in [0.3, 0.4) is 0 Å². The molecule has 0 fully saturated rings. The highest BCUT2D eigenvalue weighted by Crippen LogP contribution is 2.36. The van der Waals surface area contributed by atoms with Crippen molar-refractivity contribution in [3.63, 3.8) is 0 Å². The van der Waals surface area contributed by atoms with E-state index in [4.69, 9.17) is 10.5 Å². The minimum atomic E-state index is -0.585. The Morgan fingerprint density at radius 3 is 2.79 bits per heavy atom. The van der Waals surface area contributed by atoms with Crippen LogP contribution in [0.25, 0.3) is 0 Å². The van der Waals surface area contributed by atoms with E-state index in [1.165, 1.54) is 11.8 Å². The van der Waals surface area contributed by atoms with E-state index in [1.54, 1.807) is 26.0 Å². The highest BCUT2D eigenvalue weighted by Gasteiger charge is 2.36. The summed E-state index contributed by atoms with van der Waals surface area (Å²) in [6.45, 7) is 5.25. The molecule has 0 aromatic heterocycles. The van der Waals surface area contributed by atoms with E-state index < -0.39 is 12.1 Å². The van der Waals surface area contributed by atoms with Crippen LogP contribution in [0.4, 0.5) is 5.69 Å². The van der Waals surface area contributed by atoms with Gasteiger partial charge in [-0.1, -0.05) is 6.07 Å². The Bertz CT molecular complexity index is 527. The number of fused-ring (bicyclic) bond motifs is 1. The lowest BCUT2D eigenvalue weighted by molar-refractivity contribution is -0.128. The maximum atomic E-state index is 12.3. The average Bonchev–Trinajstić information content (AvgIpc) is 2.39. The maximum absolute atomic E-state index is 12.3. The van der Waals surface area contributed by atoms with Crippen LogP contribution < -0.4 is 15.4 Å². The zero-order valence-corrected chi connectivity index (χ0v) is 11.3. The Balaban J connectivity index is 2.53. The number of anilines is 1. The van der Waals surface area contributed by atoms with Crippen molar-refractivity contribution < 1.29 is 14.3 Å². The van der Waals surface area contributed by atoms with E-state index >= 15 is 0 Å². The third-order valence-corrected chi connectivity index (χ3v) is 3.38. The second kappa shape index (κ2) is 5.01. The molecule has 2 N–H and O–H groups in total. The van der Waals surface area contributed by atoms with Gasteiger partial charge < -0.3 is 10.5 Å². The fraction of sp³-hybridized carbons (Fsp3) is 0.429. The summed E-state index contributed by atoms with van der Waals surface area (Å²) in [5.41, 5.74) is 7.13. The summed E-state index contributed by atoms with van der Waals surface area (Å²) in [5, 5.41) is 0. The SMILES string of the molecule is CC(=O)C(C)N1C(=O)C(C)Oc2ccc(CN)cc21. The average molecular weight is 262 g/mol. The van der Waals surface area contributed by atoms with Gasteiger partial charge in [0.25, 0.3) is 5.91 Å². The summed E-state index contributed by atoms with van der Waals surface area (Å²) in [6.07, 6.45) is -0.585. The molecule has 1 heterocycles. The number of ether oxygens (including phenoxy) is 1. The molecule has 5 nitrogen and oxygen atoms in total.